The molecular weight excluding hydrogens is 268 g/mol. The van der Waals surface area contributed by atoms with Crippen molar-refractivity contribution < 1.29 is 4.79 Å². The monoisotopic (exact) mass is 284 g/mol. The first kappa shape index (κ1) is 13.2. The molecule has 0 N–H and O–H groups in total. The Bertz CT molecular complexity index is 368. The molecule has 1 aromatic rings. The number of carbonyl (C=O) groups is 1. The standard InChI is InChI=1S/C12H17BrN2O/c1-4-6-9(2)15(3)12(16)11-10(13)7-5-8-14-11/h5,7-9H,4,6H2,1-3H3. The van der Waals surface area contributed by atoms with E-state index in [1.54, 1.807) is 17.2 Å². The van der Waals surface area contributed by atoms with Crippen molar-refractivity contribution in [3.63, 3.8) is 0 Å². The van der Waals surface area contributed by atoms with Crippen LogP contribution in [-0.2, 0) is 0 Å². The summed E-state index contributed by atoms with van der Waals surface area (Å²) in [6.07, 6.45) is 3.71. The number of nitrogens with zero attached hydrogens (tertiary/aromatic N) is 2. The fourth-order valence-corrected chi connectivity index (χ4v) is 1.95. The van der Waals surface area contributed by atoms with Gasteiger partial charge >= 0.3 is 0 Å². The summed E-state index contributed by atoms with van der Waals surface area (Å²) in [4.78, 5) is 18.0. The fraction of sp³-hybridized carbons (Fsp3) is 0.500. The maximum Gasteiger partial charge on any atom is 0.273 e. The van der Waals surface area contributed by atoms with Gasteiger partial charge in [0.2, 0.25) is 0 Å². The van der Waals surface area contributed by atoms with Gasteiger partial charge in [-0.3, -0.25) is 4.79 Å². The Morgan fingerprint density at radius 2 is 2.31 bits per heavy atom. The highest BCUT2D eigenvalue weighted by Gasteiger charge is 2.19. The van der Waals surface area contributed by atoms with Gasteiger partial charge in [0.05, 0.1) is 0 Å². The summed E-state index contributed by atoms with van der Waals surface area (Å²) in [6, 6.07) is 3.88. The van der Waals surface area contributed by atoms with E-state index >= 15 is 0 Å². The number of carbonyl (C=O) groups excluding carboxylic acids is 1. The van der Waals surface area contributed by atoms with E-state index < -0.39 is 0 Å². The minimum atomic E-state index is -0.0339. The molecule has 3 nitrogen and oxygen atoms in total. The Balaban J connectivity index is 2.82. The number of amides is 1. The first-order chi connectivity index (χ1) is 7.57. The Hall–Kier alpha value is -0.900. The number of hydrogen-bond acceptors (Lipinski definition) is 2. The van der Waals surface area contributed by atoms with Gasteiger partial charge in [-0.25, -0.2) is 4.98 Å². The van der Waals surface area contributed by atoms with Gasteiger partial charge in [-0.05, 0) is 41.4 Å². The number of rotatable bonds is 4. The van der Waals surface area contributed by atoms with Crippen molar-refractivity contribution >= 4 is 21.8 Å². The molecular formula is C12H17BrN2O. The number of pyridine rings is 1. The van der Waals surface area contributed by atoms with E-state index in [0.717, 1.165) is 17.3 Å². The lowest BCUT2D eigenvalue weighted by Gasteiger charge is -2.24. The normalized spacial score (nSPS) is 12.2. The summed E-state index contributed by atoms with van der Waals surface area (Å²) in [5.41, 5.74) is 0.480. The van der Waals surface area contributed by atoms with Crippen LogP contribution in [0.1, 0.15) is 37.2 Å². The van der Waals surface area contributed by atoms with Crippen molar-refractivity contribution in [3.05, 3.63) is 28.5 Å². The molecule has 1 amide bonds. The van der Waals surface area contributed by atoms with Gasteiger partial charge in [0.1, 0.15) is 5.69 Å². The zero-order valence-electron chi connectivity index (χ0n) is 9.90. The molecule has 1 rings (SSSR count). The highest BCUT2D eigenvalue weighted by molar-refractivity contribution is 9.10. The van der Waals surface area contributed by atoms with Crippen LogP contribution >= 0.6 is 15.9 Å². The Kier molecular flexibility index (Phi) is 4.93. The van der Waals surface area contributed by atoms with Gasteiger partial charge in [0.15, 0.2) is 0 Å². The number of hydrogen-bond donors (Lipinski definition) is 0. The highest BCUT2D eigenvalue weighted by Crippen LogP contribution is 2.16. The van der Waals surface area contributed by atoms with Crippen molar-refractivity contribution in [2.45, 2.75) is 32.7 Å². The van der Waals surface area contributed by atoms with Crippen LogP contribution in [0.2, 0.25) is 0 Å². The average molecular weight is 285 g/mol. The van der Waals surface area contributed by atoms with Crippen molar-refractivity contribution in [3.8, 4) is 0 Å². The summed E-state index contributed by atoms with van der Waals surface area (Å²) in [7, 11) is 1.82. The molecule has 0 saturated carbocycles. The van der Waals surface area contributed by atoms with Gasteiger partial charge in [-0.1, -0.05) is 13.3 Å². The lowest BCUT2D eigenvalue weighted by atomic mass is 10.1. The minimum absolute atomic E-state index is 0.0339. The predicted molar refractivity (Wildman–Crippen MR) is 68.4 cm³/mol. The number of aromatic nitrogens is 1. The molecule has 4 heteroatoms. The zero-order chi connectivity index (χ0) is 12.1. The topological polar surface area (TPSA) is 33.2 Å². The minimum Gasteiger partial charge on any atom is -0.338 e. The first-order valence-electron chi connectivity index (χ1n) is 5.45. The Morgan fingerprint density at radius 3 is 2.88 bits per heavy atom. The van der Waals surface area contributed by atoms with E-state index in [1.807, 2.05) is 13.1 Å². The number of halogens is 1. The van der Waals surface area contributed by atoms with E-state index in [9.17, 15) is 4.79 Å². The molecule has 0 bridgehead atoms. The van der Waals surface area contributed by atoms with Crippen LogP contribution in [0, 0.1) is 0 Å². The smallest absolute Gasteiger partial charge is 0.273 e. The van der Waals surface area contributed by atoms with Crippen LogP contribution in [0.15, 0.2) is 22.8 Å². The molecule has 0 aliphatic rings. The highest BCUT2D eigenvalue weighted by atomic mass is 79.9. The van der Waals surface area contributed by atoms with Gasteiger partial charge in [-0.2, -0.15) is 0 Å². The van der Waals surface area contributed by atoms with Crippen LogP contribution in [-0.4, -0.2) is 28.9 Å². The third-order valence-corrected chi connectivity index (χ3v) is 3.29. The summed E-state index contributed by atoms with van der Waals surface area (Å²) >= 11 is 3.34. The molecule has 1 atom stereocenters. The third kappa shape index (κ3) is 3.04. The second-order valence-corrected chi connectivity index (χ2v) is 4.74. The molecule has 1 aromatic heterocycles. The van der Waals surface area contributed by atoms with Crippen LogP contribution < -0.4 is 0 Å². The molecule has 0 aliphatic carbocycles. The molecule has 88 valence electrons. The maximum atomic E-state index is 12.1. The van der Waals surface area contributed by atoms with Crippen molar-refractivity contribution in [2.75, 3.05) is 7.05 Å². The quantitative estimate of drug-likeness (QED) is 0.851. The average Bonchev–Trinajstić information content (AvgIpc) is 2.28. The van der Waals surface area contributed by atoms with Crippen molar-refractivity contribution in [1.82, 2.24) is 9.88 Å². The first-order valence-corrected chi connectivity index (χ1v) is 6.24. The largest absolute Gasteiger partial charge is 0.338 e. The lowest BCUT2D eigenvalue weighted by Crippen LogP contribution is -2.35. The Morgan fingerprint density at radius 1 is 1.62 bits per heavy atom. The van der Waals surface area contributed by atoms with Crippen LogP contribution in [0.4, 0.5) is 0 Å². The summed E-state index contributed by atoms with van der Waals surface area (Å²) < 4.78 is 0.746. The van der Waals surface area contributed by atoms with Crippen molar-refractivity contribution in [2.24, 2.45) is 0 Å². The van der Waals surface area contributed by atoms with E-state index in [4.69, 9.17) is 0 Å². The zero-order valence-corrected chi connectivity index (χ0v) is 11.5. The van der Waals surface area contributed by atoms with Gasteiger partial charge in [0.25, 0.3) is 5.91 Å². The molecule has 0 spiro atoms. The molecule has 0 aliphatic heterocycles. The molecule has 1 unspecified atom stereocenters. The lowest BCUT2D eigenvalue weighted by molar-refractivity contribution is 0.0730. The van der Waals surface area contributed by atoms with Crippen molar-refractivity contribution in [1.29, 1.82) is 0 Å². The molecule has 1 heterocycles. The SMILES string of the molecule is CCCC(C)N(C)C(=O)c1ncccc1Br. The molecule has 0 fully saturated rings. The van der Waals surface area contributed by atoms with Gasteiger partial charge in [0, 0.05) is 23.8 Å². The third-order valence-electron chi connectivity index (χ3n) is 2.65. The Labute approximate surface area is 105 Å². The predicted octanol–water partition coefficient (Wildman–Crippen LogP) is 3.10. The summed E-state index contributed by atoms with van der Waals surface area (Å²) in [5.74, 6) is -0.0339. The van der Waals surface area contributed by atoms with E-state index in [1.165, 1.54) is 0 Å². The van der Waals surface area contributed by atoms with Gasteiger partial charge < -0.3 is 4.90 Å². The molecule has 0 saturated heterocycles. The van der Waals surface area contributed by atoms with Gasteiger partial charge in [-0.15, -0.1) is 0 Å². The summed E-state index contributed by atoms with van der Waals surface area (Å²) in [6.45, 7) is 4.17. The molecule has 16 heavy (non-hydrogen) atoms. The van der Waals surface area contributed by atoms with Crippen LogP contribution in [0.5, 0.6) is 0 Å². The van der Waals surface area contributed by atoms with E-state index in [-0.39, 0.29) is 11.9 Å². The second-order valence-electron chi connectivity index (χ2n) is 3.89. The molecule has 0 aromatic carbocycles. The van der Waals surface area contributed by atoms with Crippen LogP contribution in [0.3, 0.4) is 0 Å². The van der Waals surface area contributed by atoms with E-state index in [2.05, 4.69) is 34.8 Å². The van der Waals surface area contributed by atoms with E-state index in [0.29, 0.717) is 5.69 Å². The fourth-order valence-electron chi connectivity index (χ4n) is 1.52. The van der Waals surface area contributed by atoms with Crippen LogP contribution in [0.25, 0.3) is 0 Å². The summed E-state index contributed by atoms with van der Waals surface area (Å²) in [5, 5.41) is 0. The second kappa shape index (κ2) is 5.99. The molecule has 0 radical (unpaired) electrons. The maximum absolute atomic E-state index is 12.1.